The zero-order valence-corrected chi connectivity index (χ0v) is 21.9. The van der Waals surface area contributed by atoms with E-state index >= 15 is 0 Å². The van der Waals surface area contributed by atoms with Gasteiger partial charge in [-0.15, -0.1) is 0 Å². The van der Waals surface area contributed by atoms with E-state index in [1.807, 2.05) is 4.68 Å². The van der Waals surface area contributed by atoms with E-state index in [1.54, 1.807) is 56.8 Å². The Morgan fingerprint density at radius 2 is 1.97 bits per heavy atom. The van der Waals surface area contributed by atoms with Gasteiger partial charge in [-0.25, -0.2) is 9.97 Å². The van der Waals surface area contributed by atoms with Crippen LogP contribution in [0.15, 0.2) is 53.9 Å². The highest BCUT2D eigenvalue weighted by Crippen LogP contribution is 2.37. The maximum Gasteiger partial charge on any atom is 0.246 e. The number of fused-ring (bicyclic) bond motifs is 1. The number of benzene rings is 1. The normalized spacial score (nSPS) is 16.6. The predicted molar refractivity (Wildman–Crippen MR) is 144 cm³/mol. The molecule has 11 nitrogen and oxygen atoms in total. The summed E-state index contributed by atoms with van der Waals surface area (Å²) in [6.45, 7) is 4.44. The Hall–Kier alpha value is -4.82. The first-order valence-corrected chi connectivity index (χ1v) is 12.2. The van der Waals surface area contributed by atoms with E-state index in [-0.39, 0.29) is 23.8 Å². The second-order valence-corrected chi connectivity index (χ2v) is 8.96. The summed E-state index contributed by atoms with van der Waals surface area (Å²) < 4.78 is 23.6. The standard InChI is InChI=1S/C28H28N6O5/c1-5-24(35)33-15-18(12-19(33)16-36-2)34-26-22(28-30-8-9-39-28)14-31-27(29)25(26)23(32-34)7-6-17-10-20(37-3)13-21(11-17)38-4/h5,8-11,13-14,18-19H,1,12,15-16H2,2-4H3,(H2,29,31)/t18-,19+/m0/s1. The van der Waals surface area contributed by atoms with E-state index in [9.17, 15) is 4.79 Å². The third-order valence-corrected chi connectivity index (χ3v) is 6.65. The number of nitrogen functional groups attached to an aromatic ring is 1. The van der Waals surface area contributed by atoms with E-state index in [0.717, 1.165) is 0 Å². The Bertz CT molecular complexity index is 1560. The molecule has 3 aromatic heterocycles. The molecule has 39 heavy (non-hydrogen) atoms. The van der Waals surface area contributed by atoms with Crippen molar-refractivity contribution in [3.63, 3.8) is 0 Å². The molecule has 2 N–H and O–H groups in total. The van der Waals surface area contributed by atoms with Gasteiger partial charge in [-0.05, 0) is 30.6 Å². The van der Waals surface area contributed by atoms with Crippen molar-refractivity contribution >= 4 is 22.6 Å². The minimum atomic E-state index is -0.195. The van der Waals surface area contributed by atoms with Crippen molar-refractivity contribution in [3.05, 3.63) is 60.8 Å². The van der Waals surface area contributed by atoms with Gasteiger partial charge in [-0.3, -0.25) is 9.48 Å². The lowest BCUT2D eigenvalue weighted by molar-refractivity contribution is -0.127. The SMILES string of the molecule is C=CC(=O)N1C[C@@H](n2nc(C#Cc3cc(OC)cc(OC)c3)c3c(N)ncc(-c4ncco4)c32)C[C@@H]1COC. The van der Waals surface area contributed by atoms with Crippen molar-refractivity contribution in [3.8, 4) is 34.8 Å². The number of hydrogen-bond acceptors (Lipinski definition) is 9. The van der Waals surface area contributed by atoms with E-state index in [4.69, 9.17) is 29.5 Å². The highest BCUT2D eigenvalue weighted by atomic mass is 16.5. The number of rotatable bonds is 7. The number of oxazole rings is 1. The molecule has 0 saturated carbocycles. The average molecular weight is 529 g/mol. The van der Waals surface area contributed by atoms with Crippen LogP contribution in [0, 0.1) is 11.8 Å². The molecule has 1 aliphatic rings. The number of pyridine rings is 1. The summed E-state index contributed by atoms with van der Waals surface area (Å²) in [5, 5.41) is 5.48. The van der Waals surface area contributed by atoms with Gasteiger partial charge in [0.05, 0.1) is 55.6 Å². The molecule has 0 aliphatic carbocycles. The second kappa shape index (κ2) is 10.9. The average Bonchev–Trinajstić information content (AvgIpc) is 3.71. The predicted octanol–water partition coefficient (Wildman–Crippen LogP) is 3.06. The molecule has 2 atom stereocenters. The monoisotopic (exact) mass is 528 g/mol. The molecule has 4 heterocycles. The maximum atomic E-state index is 12.6. The number of hydrogen-bond donors (Lipinski definition) is 1. The number of aromatic nitrogens is 4. The van der Waals surface area contributed by atoms with Crippen molar-refractivity contribution in [1.82, 2.24) is 24.6 Å². The number of methoxy groups -OCH3 is 3. The highest BCUT2D eigenvalue weighted by molar-refractivity contribution is 6.01. The van der Waals surface area contributed by atoms with Gasteiger partial charge in [-0.2, -0.15) is 5.10 Å². The van der Waals surface area contributed by atoms with E-state index in [2.05, 4.69) is 28.4 Å². The van der Waals surface area contributed by atoms with Crippen LogP contribution in [0.1, 0.15) is 23.7 Å². The lowest BCUT2D eigenvalue weighted by atomic mass is 10.1. The van der Waals surface area contributed by atoms with E-state index in [1.165, 1.54) is 12.3 Å². The van der Waals surface area contributed by atoms with Crippen molar-refractivity contribution in [1.29, 1.82) is 0 Å². The smallest absolute Gasteiger partial charge is 0.246 e. The Morgan fingerprint density at radius 3 is 2.62 bits per heavy atom. The summed E-state index contributed by atoms with van der Waals surface area (Å²) in [4.78, 5) is 23.1. The van der Waals surface area contributed by atoms with Crippen LogP contribution in [0.25, 0.3) is 22.4 Å². The zero-order valence-electron chi connectivity index (χ0n) is 21.9. The van der Waals surface area contributed by atoms with Crippen LogP contribution in [0.3, 0.4) is 0 Å². The van der Waals surface area contributed by atoms with Gasteiger partial charge in [0.25, 0.3) is 0 Å². The summed E-state index contributed by atoms with van der Waals surface area (Å²) >= 11 is 0. The molecular weight excluding hydrogens is 500 g/mol. The van der Waals surface area contributed by atoms with Gasteiger partial charge >= 0.3 is 0 Å². The van der Waals surface area contributed by atoms with Gasteiger partial charge in [-0.1, -0.05) is 12.5 Å². The molecular formula is C28H28N6O5. The zero-order chi connectivity index (χ0) is 27.5. The Labute approximate surface area is 225 Å². The Balaban J connectivity index is 1.68. The number of anilines is 1. The number of ether oxygens (including phenoxy) is 3. The van der Waals surface area contributed by atoms with Crippen LogP contribution in [0.5, 0.6) is 11.5 Å². The summed E-state index contributed by atoms with van der Waals surface area (Å²) in [5.41, 5.74) is 8.80. The van der Waals surface area contributed by atoms with Gasteiger partial charge in [0.15, 0.2) is 0 Å². The van der Waals surface area contributed by atoms with Crippen LogP contribution in [-0.4, -0.2) is 71.1 Å². The van der Waals surface area contributed by atoms with Crippen molar-refractivity contribution in [2.75, 3.05) is 40.2 Å². The molecule has 1 aliphatic heterocycles. The van der Waals surface area contributed by atoms with Crippen LogP contribution >= 0.6 is 0 Å². The number of carbonyl (C=O) groups excluding carboxylic acids is 1. The van der Waals surface area contributed by atoms with Crippen molar-refractivity contribution < 1.29 is 23.4 Å². The third-order valence-electron chi connectivity index (χ3n) is 6.65. The molecule has 0 unspecified atom stereocenters. The van der Waals surface area contributed by atoms with Crippen LogP contribution in [-0.2, 0) is 9.53 Å². The van der Waals surface area contributed by atoms with Crippen LogP contribution < -0.4 is 15.2 Å². The van der Waals surface area contributed by atoms with Gasteiger partial charge in [0.1, 0.15) is 29.3 Å². The third kappa shape index (κ3) is 4.89. The highest BCUT2D eigenvalue weighted by Gasteiger charge is 2.37. The quantitative estimate of drug-likeness (QED) is 0.284. The minimum Gasteiger partial charge on any atom is -0.497 e. The molecule has 1 fully saturated rings. The second-order valence-electron chi connectivity index (χ2n) is 8.96. The summed E-state index contributed by atoms with van der Waals surface area (Å²) in [6, 6.07) is 5.04. The fraction of sp³-hybridized carbons (Fsp3) is 0.286. The molecule has 200 valence electrons. The first-order chi connectivity index (χ1) is 19.0. The summed E-state index contributed by atoms with van der Waals surface area (Å²) in [6.07, 6.45) is 6.58. The number of likely N-dealkylation sites (tertiary alicyclic amines) is 1. The van der Waals surface area contributed by atoms with Crippen molar-refractivity contribution in [2.45, 2.75) is 18.5 Å². The molecule has 1 saturated heterocycles. The van der Waals surface area contributed by atoms with Crippen LogP contribution in [0.4, 0.5) is 5.82 Å². The fourth-order valence-corrected chi connectivity index (χ4v) is 4.88. The lowest BCUT2D eigenvalue weighted by Gasteiger charge is -2.22. The van der Waals surface area contributed by atoms with Gasteiger partial charge in [0, 0.05) is 31.5 Å². The Morgan fingerprint density at radius 1 is 1.21 bits per heavy atom. The van der Waals surface area contributed by atoms with E-state index < -0.39 is 0 Å². The Kier molecular flexibility index (Phi) is 7.21. The molecule has 4 aromatic rings. The van der Waals surface area contributed by atoms with E-state index in [0.29, 0.717) is 64.7 Å². The lowest BCUT2D eigenvalue weighted by Crippen LogP contribution is -2.37. The topological polar surface area (TPSA) is 131 Å². The maximum absolute atomic E-state index is 12.6. The van der Waals surface area contributed by atoms with Crippen molar-refractivity contribution in [2.24, 2.45) is 0 Å². The molecule has 11 heteroatoms. The molecule has 1 aromatic carbocycles. The number of nitrogens with zero attached hydrogens (tertiary/aromatic N) is 5. The molecule has 1 amide bonds. The van der Waals surface area contributed by atoms with Gasteiger partial charge < -0.3 is 29.3 Å². The van der Waals surface area contributed by atoms with Crippen LogP contribution in [0.2, 0.25) is 0 Å². The number of nitrogens with two attached hydrogens (primary N) is 1. The molecule has 0 bridgehead atoms. The summed E-state index contributed by atoms with van der Waals surface area (Å²) in [5.74, 6) is 8.01. The first kappa shape index (κ1) is 25.8. The molecule has 0 radical (unpaired) electrons. The molecule has 5 rings (SSSR count). The minimum absolute atomic E-state index is 0.145. The first-order valence-electron chi connectivity index (χ1n) is 12.2. The number of amides is 1. The van der Waals surface area contributed by atoms with Gasteiger partial charge in [0.2, 0.25) is 11.8 Å². The molecule has 0 spiro atoms. The summed E-state index contributed by atoms with van der Waals surface area (Å²) in [7, 11) is 4.77. The fourth-order valence-electron chi connectivity index (χ4n) is 4.88. The number of carbonyl (C=O) groups is 1. The largest absolute Gasteiger partial charge is 0.497 e.